The van der Waals surface area contributed by atoms with Crippen molar-refractivity contribution in [1.82, 2.24) is 15.2 Å². The van der Waals surface area contributed by atoms with Crippen LogP contribution in [-0.4, -0.2) is 27.7 Å². The van der Waals surface area contributed by atoms with Crippen LogP contribution in [0.3, 0.4) is 0 Å². The Labute approximate surface area is 148 Å². The molecule has 1 amide bonds. The SMILES string of the molecule is O=C(COc1ccc2c(c1)CCC2)Nc1nnc(-c2ccncc2)s1. The zero-order valence-corrected chi connectivity index (χ0v) is 14.3. The van der Waals surface area contributed by atoms with Gasteiger partial charge < -0.3 is 4.74 Å². The summed E-state index contributed by atoms with van der Waals surface area (Å²) in [5.74, 6) is 0.475. The van der Waals surface area contributed by atoms with Gasteiger partial charge in [0.05, 0.1) is 0 Å². The molecule has 0 radical (unpaired) electrons. The fourth-order valence-corrected chi connectivity index (χ4v) is 3.59. The standard InChI is InChI=1S/C18H16N4O2S/c23-16(11-24-15-5-4-12-2-1-3-14(12)10-15)20-18-22-21-17(25-18)13-6-8-19-9-7-13/h4-10H,1-3,11H2,(H,20,22,23). The van der Waals surface area contributed by atoms with E-state index in [1.165, 1.54) is 28.9 Å². The Morgan fingerprint density at radius 1 is 1.12 bits per heavy atom. The molecule has 2 aromatic heterocycles. The summed E-state index contributed by atoms with van der Waals surface area (Å²) in [4.78, 5) is 16.0. The Bertz CT molecular complexity index is 895. The Balaban J connectivity index is 1.34. The summed E-state index contributed by atoms with van der Waals surface area (Å²) in [6.07, 6.45) is 6.79. The first kappa shape index (κ1) is 15.7. The van der Waals surface area contributed by atoms with Crippen LogP contribution in [0.2, 0.25) is 0 Å². The van der Waals surface area contributed by atoms with Crippen molar-refractivity contribution in [2.24, 2.45) is 0 Å². The lowest BCUT2D eigenvalue weighted by Gasteiger charge is -2.07. The van der Waals surface area contributed by atoms with Crippen molar-refractivity contribution in [1.29, 1.82) is 0 Å². The molecule has 4 rings (SSSR count). The lowest BCUT2D eigenvalue weighted by atomic mass is 10.1. The third kappa shape index (κ3) is 3.66. The molecule has 0 aliphatic heterocycles. The van der Waals surface area contributed by atoms with Crippen molar-refractivity contribution in [2.75, 3.05) is 11.9 Å². The van der Waals surface area contributed by atoms with E-state index in [4.69, 9.17) is 4.74 Å². The second-order valence-corrected chi connectivity index (χ2v) is 6.75. The molecule has 1 N–H and O–H groups in total. The highest BCUT2D eigenvalue weighted by Crippen LogP contribution is 2.27. The van der Waals surface area contributed by atoms with Crippen LogP contribution >= 0.6 is 11.3 Å². The molecule has 1 aliphatic carbocycles. The quantitative estimate of drug-likeness (QED) is 0.763. The van der Waals surface area contributed by atoms with Crippen LogP contribution in [-0.2, 0) is 17.6 Å². The summed E-state index contributed by atoms with van der Waals surface area (Å²) in [6, 6.07) is 9.74. The predicted octanol–water partition coefficient (Wildman–Crippen LogP) is 3.11. The van der Waals surface area contributed by atoms with E-state index in [2.05, 4.69) is 26.6 Å². The Kier molecular flexibility index (Phi) is 4.39. The minimum absolute atomic E-state index is 0.0526. The molecular formula is C18H16N4O2S. The first-order valence-electron chi connectivity index (χ1n) is 8.06. The van der Waals surface area contributed by atoms with Crippen molar-refractivity contribution >= 4 is 22.4 Å². The molecule has 2 heterocycles. The average Bonchev–Trinajstić information content (AvgIpc) is 3.29. The van der Waals surface area contributed by atoms with Crippen LogP contribution in [0, 0.1) is 0 Å². The van der Waals surface area contributed by atoms with E-state index in [0.29, 0.717) is 5.13 Å². The first-order chi connectivity index (χ1) is 12.3. The molecule has 3 aromatic rings. The summed E-state index contributed by atoms with van der Waals surface area (Å²) in [5, 5.41) is 12.0. The molecule has 7 heteroatoms. The van der Waals surface area contributed by atoms with E-state index in [0.717, 1.165) is 29.2 Å². The van der Waals surface area contributed by atoms with Crippen LogP contribution < -0.4 is 10.1 Å². The second-order valence-electron chi connectivity index (χ2n) is 5.77. The summed E-state index contributed by atoms with van der Waals surface area (Å²) < 4.78 is 5.59. The number of carbonyl (C=O) groups is 1. The van der Waals surface area contributed by atoms with Crippen LogP contribution in [0.5, 0.6) is 5.75 Å². The number of amides is 1. The van der Waals surface area contributed by atoms with Gasteiger partial charge in [-0.2, -0.15) is 0 Å². The van der Waals surface area contributed by atoms with Gasteiger partial charge >= 0.3 is 0 Å². The molecular weight excluding hydrogens is 336 g/mol. The zero-order chi connectivity index (χ0) is 17.1. The van der Waals surface area contributed by atoms with Gasteiger partial charge in [-0.05, 0) is 54.7 Å². The molecule has 0 atom stereocenters. The van der Waals surface area contributed by atoms with E-state index in [1.54, 1.807) is 12.4 Å². The summed E-state index contributed by atoms with van der Waals surface area (Å²) in [7, 11) is 0. The highest BCUT2D eigenvalue weighted by atomic mass is 32.1. The van der Waals surface area contributed by atoms with Crippen LogP contribution in [0.15, 0.2) is 42.7 Å². The van der Waals surface area contributed by atoms with Gasteiger partial charge in [0.2, 0.25) is 5.13 Å². The number of benzene rings is 1. The highest BCUT2D eigenvalue weighted by molar-refractivity contribution is 7.18. The van der Waals surface area contributed by atoms with E-state index in [9.17, 15) is 4.79 Å². The van der Waals surface area contributed by atoms with Gasteiger partial charge in [0, 0.05) is 18.0 Å². The second kappa shape index (κ2) is 6.98. The molecule has 126 valence electrons. The van der Waals surface area contributed by atoms with Crippen LogP contribution in [0.1, 0.15) is 17.5 Å². The largest absolute Gasteiger partial charge is 0.484 e. The fraction of sp³-hybridized carbons (Fsp3) is 0.222. The van der Waals surface area contributed by atoms with E-state index in [1.807, 2.05) is 24.3 Å². The predicted molar refractivity (Wildman–Crippen MR) is 95.7 cm³/mol. The minimum Gasteiger partial charge on any atom is -0.484 e. The number of aromatic nitrogens is 3. The summed E-state index contributed by atoms with van der Waals surface area (Å²) in [6.45, 7) is -0.0526. The van der Waals surface area contributed by atoms with Gasteiger partial charge in [0.25, 0.3) is 5.91 Å². The topological polar surface area (TPSA) is 77.0 Å². The van der Waals surface area contributed by atoms with E-state index in [-0.39, 0.29) is 12.5 Å². The number of rotatable bonds is 5. The number of fused-ring (bicyclic) bond motifs is 1. The molecule has 0 saturated heterocycles. The Morgan fingerprint density at radius 3 is 2.84 bits per heavy atom. The molecule has 0 spiro atoms. The Hall–Kier alpha value is -2.80. The van der Waals surface area contributed by atoms with Crippen molar-refractivity contribution in [3.8, 4) is 16.3 Å². The van der Waals surface area contributed by atoms with Crippen molar-refractivity contribution < 1.29 is 9.53 Å². The molecule has 0 saturated carbocycles. The maximum atomic E-state index is 12.1. The maximum absolute atomic E-state index is 12.1. The number of carbonyl (C=O) groups excluding carboxylic acids is 1. The van der Waals surface area contributed by atoms with Crippen molar-refractivity contribution in [3.05, 3.63) is 53.9 Å². The average molecular weight is 352 g/mol. The highest BCUT2D eigenvalue weighted by Gasteiger charge is 2.13. The van der Waals surface area contributed by atoms with Crippen molar-refractivity contribution in [3.63, 3.8) is 0 Å². The van der Waals surface area contributed by atoms with Crippen LogP contribution in [0.25, 0.3) is 10.6 Å². The third-order valence-electron chi connectivity index (χ3n) is 4.04. The normalized spacial score (nSPS) is 12.6. The van der Waals surface area contributed by atoms with Crippen molar-refractivity contribution in [2.45, 2.75) is 19.3 Å². The molecule has 0 bridgehead atoms. The van der Waals surface area contributed by atoms with E-state index < -0.39 is 0 Å². The lowest BCUT2D eigenvalue weighted by molar-refractivity contribution is -0.118. The molecule has 1 aromatic carbocycles. The molecule has 0 fully saturated rings. The molecule has 25 heavy (non-hydrogen) atoms. The van der Waals surface area contributed by atoms with Gasteiger partial charge in [-0.15, -0.1) is 10.2 Å². The van der Waals surface area contributed by atoms with Gasteiger partial charge in [0.15, 0.2) is 6.61 Å². The number of pyridine rings is 1. The number of hydrogen-bond donors (Lipinski definition) is 1. The number of ether oxygens (including phenoxy) is 1. The monoisotopic (exact) mass is 352 g/mol. The summed E-state index contributed by atoms with van der Waals surface area (Å²) >= 11 is 1.31. The number of anilines is 1. The van der Waals surface area contributed by atoms with Gasteiger partial charge in [-0.25, -0.2) is 0 Å². The fourth-order valence-electron chi connectivity index (χ4n) is 2.83. The van der Waals surface area contributed by atoms with E-state index >= 15 is 0 Å². The zero-order valence-electron chi connectivity index (χ0n) is 13.4. The first-order valence-corrected chi connectivity index (χ1v) is 8.88. The lowest BCUT2D eigenvalue weighted by Crippen LogP contribution is -2.20. The number of nitrogens with zero attached hydrogens (tertiary/aromatic N) is 3. The summed E-state index contributed by atoms with van der Waals surface area (Å²) in [5.41, 5.74) is 3.63. The number of hydrogen-bond acceptors (Lipinski definition) is 6. The maximum Gasteiger partial charge on any atom is 0.264 e. The smallest absolute Gasteiger partial charge is 0.264 e. The van der Waals surface area contributed by atoms with Gasteiger partial charge in [-0.3, -0.25) is 15.1 Å². The third-order valence-corrected chi connectivity index (χ3v) is 4.93. The molecule has 1 aliphatic rings. The van der Waals surface area contributed by atoms with Gasteiger partial charge in [-0.1, -0.05) is 17.4 Å². The number of aryl methyl sites for hydroxylation is 2. The number of nitrogens with one attached hydrogen (secondary N) is 1. The Morgan fingerprint density at radius 2 is 1.96 bits per heavy atom. The van der Waals surface area contributed by atoms with Gasteiger partial charge in [0.1, 0.15) is 10.8 Å². The minimum atomic E-state index is -0.252. The molecule has 0 unspecified atom stereocenters. The molecule has 6 nitrogen and oxygen atoms in total. The van der Waals surface area contributed by atoms with Crippen LogP contribution in [0.4, 0.5) is 5.13 Å².